The first-order chi connectivity index (χ1) is 11.7. The van der Waals surface area contributed by atoms with E-state index in [-0.39, 0.29) is 0 Å². The summed E-state index contributed by atoms with van der Waals surface area (Å²) in [6, 6.07) is 2.79. The van der Waals surface area contributed by atoms with Gasteiger partial charge in [0, 0.05) is 15.7 Å². The third-order valence-electron chi connectivity index (χ3n) is 3.00. The van der Waals surface area contributed by atoms with E-state index < -0.39 is 30.1 Å². The molecule has 138 valence electrons. The summed E-state index contributed by atoms with van der Waals surface area (Å²) in [4.78, 5) is 35.3. The van der Waals surface area contributed by atoms with E-state index in [4.69, 9.17) is 33.7 Å². The standard InChI is InChI=1S/C15H19Cl2N3O4S/c1-8(13(21)19-11-6-9(16)5-10(17)7-11)24-14(22)12(3-4-25-2)20-15(18)23/h5-8,12H,3-4H2,1-2H3,(H,19,21)(H3,18,20,23)/t8-,12+/m1/s1. The number of hydrogen-bond donors (Lipinski definition) is 3. The van der Waals surface area contributed by atoms with Crippen LogP contribution in [0.2, 0.25) is 10.0 Å². The molecule has 0 aromatic heterocycles. The lowest BCUT2D eigenvalue weighted by Gasteiger charge is -2.19. The Kier molecular flexibility index (Phi) is 8.88. The van der Waals surface area contributed by atoms with Crippen LogP contribution in [-0.2, 0) is 14.3 Å². The van der Waals surface area contributed by atoms with E-state index >= 15 is 0 Å². The van der Waals surface area contributed by atoms with Crippen molar-refractivity contribution in [1.29, 1.82) is 0 Å². The highest BCUT2D eigenvalue weighted by molar-refractivity contribution is 7.98. The summed E-state index contributed by atoms with van der Waals surface area (Å²) in [7, 11) is 0. The van der Waals surface area contributed by atoms with Crippen molar-refractivity contribution in [2.24, 2.45) is 5.73 Å². The summed E-state index contributed by atoms with van der Waals surface area (Å²) in [6.45, 7) is 1.41. The second-order valence-electron chi connectivity index (χ2n) is 5.07. The fourth-order valence-electron chi connectivity index (χ4n) is 1.84. The van der Waals surface area contributed by atoms with Gasteiger partial charge in [-0.2, -0.15) is 11.8 Å². The van der Waals surface area contributed by atoms with Gasteiger partial charge in [0.15, 0.2) is 6.10 Å². The molecule has 0 saturated carbocycles. The Hall–Kier alpha value is -1.64. The molecule has 25 heavy (non-hydrogen) atoms. The number of amides is 3. The fourth-order valence-corrected chi connectivity index (χ4v) is 2.83. The number of nitrogens with one attached hydrogen (secondary N) is 2. The van der Waals surface area contributed by atoms with Gasteiger partial charge in [0.25, 0.3) is 5.91 Å². The quantitative estimate of drug-likeness (QED) is 0.573. The molecule has 0 aliphatic rings. The lowest BCUT2D eigenvalue weighted by atomic mass is 10.2. The average Bonchev–Trinajstić information content (AvgIpc) is 2.49. The monoisotopic (exact) mass is 407 g/mol. The van der Waals surface area contributed by atoms with E-state index in [2.05, 4.69) is 10.6 Å². The molecule has 0 heterocycles. The summed E-state index contributed by atoms with van der Waals surface area (Å²) in [5.74, 6) is -0.684. The Balaban J connectivity index is 2.67. The first-order valence-electron chi connectivity index (χ1n) is 7.25. The van der Waals surface area contributed by atoms with Gasteiger partial charge in [-0.15, -0.1) is 0 Å². The number of primary amides is 1. The van der Waals surface area contributed by atoms with Gasteiger partial charge < -0.3 is 21.1 Å². The number of ether oxygens (including phenoxy) is 1. The normalized spacial score (nSPS) is 12.8. The van der Waals surface area contributed by atoms with Crippen LogP contribution < -0.4 is 16.4 Å². The van der Waals surface area contributed by atoms with E-state index in [1.54, 1.807) is 0 Å². The van der Waals surface area contributed by atoms with Crippen LogP contribution in [0.4, 0.5) is 10.5 Å². The third kappa shape index (κ3) is 7.85. The maximum atomic E-state index is 12.1. The van der Waals surface area contributed by atoms with E-state index in [0.717, 1.165) is 0 Å². The van der Waals surface area contributed by atoms with Gasteiger partial charge >= 0.3 is 12.0 Å². The van der Waals surface area contributed by atoms with Crippen LogP contribution in [0.5, 0.6) is 0 Å². The van der Waals surface area contributed by atoms with Gasteiger partial charge in [0.1, 0.15) is 6.04 Å². The summed E-state index contributed by atoms with van der Waals surface area (Å²) >= 11 is 13.2. The molecule has 4 N–H and O–H groups in total. The van der Waals surface area contributed by atoms with Crippen molar-refractivity contribution in [3.63, 3.8) is 0 Å². The van der Waals surface area contributed by atoms with Gasteiger partial charge in [0.05, 0.1) is 0 Å². The Bertz CT molecular complexity index is 625. The second-order valence-corrected chi connectivity index (χ2v) is 6.93. The zero-order valence-corrected chi connectivity index (χ0v) is 16.0. The number of hydrogen-bond acceptors (Lipinski definition) is 5. The SMILES string of the molecule is CSCC[C@H](NC(N)=O)C(=O)O[C@H](C)C(=O)Nc1cc(Cl)cc(Cl)c1. The van der Waals surface area contributed by atoms with Gasteiger partial charge in [-0.3, -0.25) is 4.79 Å². The average molecular weight is 408 g/mol. The molecule has 7 nitrogen and oxygen atoms in total. The number of nitrogens with two attached hydrogens (primary N) is 1. The lowest BCUT2D eigenvalue weighted by Crippen LogP contribution is -2.46. The number of carbonyl (C=O) groups excluding carboxylic acids is 3. The molecule has 1 aromatic carbocycles. The highest BCUT2D eigenvalue weighted by Gasteiger charge is 2.25. The van der Waals surface area contributed by atoms with Crippen molar-refractivity contribution in [2.75, 3.05) is 17.3 Å². The van der Waals surface area contributed by atoms with Crippen molar-refractivity contribution in [1.82, 2.24) is 5.32 Å². The zero-order chi connectivity index (χ0) is 19.0. The minimum Gasteiger partial charge on any atom is -0.451 e. The molecule has 0 spiro atoms. The summed E-state index contributed by atoms with van der Waals surface area (Å²) in [6.07, 6.45) is 1.11. The van der Waals surface area contributed by atoms with Crippen LogP contribution in [0.1, 0.15) is 13.3 Å². The molecule has 1 rings (SSSR count). The summed E-state index contributed by atoms with van der Waals surface area (Å²) < 4.78 is 5.11. The van der Waals surface area contributed by atoms with Gasteiger partial charge in [-0.05, 0) is 43.6 Å². The predicted octanol–water partition coefficient (Wildman–Crippen LogP) is 2.65. The minimum atomic E-state index is -1.09. The van der Waals surface area contributed by atoms with Crippen LogP contribution in [0.3, 0.4) is 0 Å². The molecule has 0 aliphatic carbocycles. The Morgan fingerprint density at radius 2 is 1.84 bits per heavy atom. The Morgan fingerprint density at radius 1 is 1.24 bits per heavy atom. The van der Waals surface area contributed by atoms with Gasteiger partial charge in [-0.25, -0.2) is 9.59 Å². The van der Waals surface area contributed by atoms with E-state index in [9.17, 15) is 14.4 Å². The molecule has 10 heteroatoms. The van der Waals surface area contributed by atoms with Crippen LogP contribution in [-0.4, -0.2) is 42.1 Å². The molecule has 1 aromatic rings. The topological polar surface area (TPSA) is 111 Å². The predicted molar refractivity (Wildman–Crippen MR) is 100 cm³/mol. The van der Waals surface area contributed by atoms with Crippen LogP contribution in [0.25, 0.3) is 0 Å². The molecule has 0 unspecified atom stereocenters. The Labute approximate surface area is 159 Å². The lowest BCUT2D eigenvalue weighted by molar-refractivity contribution is -0.155. The minimum absolute atomic E-state index is 0.335. The molecule has 0 aliphatic heterocycles. The van der Waals surface area contributed by atoms with E-state index in [1.807, 2.05) is 6.26 Å². The highest BCUT2D eigenvalue weighted by atomic mass is 35.5. The smallest absolute Gasteiger partial charge is 0.329 e. The molecule has 0 bridgehead atoms. The molecule has 2 atom stereocenters. The summed E-state index contributed by atoms with van der Waals surface area (Å²) in [5.41, 5.74) is 5.43. The number of benzene rings is 1. The van der Waals surface area contributed by atoms with Crippen LogP contribution >= 0.6 is 35.0 Å². The molecule has 0 fully saturated rings. The number of esters is 1. The first-order valence-corrected chi connectivity index (χ1v) is 9.40. The molecular weight excluding hydrogens is 389 g/mol. The third-order valence-corrected chi connectivity index (χ3v) is 4.08. The van der Waals surface area contributed by atoms with Crippen LogP contribution in [0, 0.1) is 0 Å². The molecule has 0 saturated heterocycles. The number of thioether (sulfide) groups is 1. The largest absolute Gasteiger partial charge is 0.451 e. The molecule has 3 amide bonds. The highest BCUT2D eigenvalue weighted by Crippen LogP contribution is 2.22. The van der Waals surface area contributed by atoms with Gasteiger partial charge in [-0.1, -0.05) is 23.2 Å². The fraction of sp³-hybridized carbons (Fsp3) is 0.400. The van der Waals surface area contributed by atoms with Crippen molar-refractivity contribution >= 4 is 58.6 Å². The van der Waals surface area contributed by atoms with Crippen molar-refractivity contribution < 1.29 is 19.1 Å². The molecular formula is C15H19Cl2N3O4S. The molecule has 0 radical (unpaired) electrons. The van der Waals surface area contributed by atoms with Gasteiger partial charge in [0.2, 0.25) is 0 Å². The maximum Gasteiger partial charge on any atom is 0.329 e. The van der Waals surface area contributed by atoms with Crippen LogP contribution in [0.15, 0.2) is 18.2 Å². The van der Waals surface area contributed by atoms with E-state index in [0.29, 0.717) is 27.9 Å². The zero-order valence-electron chi connectivity index (χ0n) is 13.7. The summed E-state index contributed by atoms with van der Waals surface area (Å²) in [5, 5.41) is 5.57. The number of carbonyl (C=O) groups is 3. The van der Waals surface area contributed by atoms with Crippen molar-refractivity contribution in [2.45, 2.75) is 25.5 Å². The second kappa shape index (κ2) is 10.4. The maximum absolute atomic E-state index is 12.1. The first kappa shape index (κ1) is 21.4. The van der Waals surface area contributed by atoms with Crippen molar-refractivity contribution in [3.8, 4) is 0 Å². The number of anilines is 1. The Morgan fingerprint density at radius 3 is 2.36 bits per heavy atom. The number of halogens is 2. The number of rotatable bonds is 8. The van der Waals surface area contributed by atoms with Crippen molar-refractivity contribution in [3.05, 3.63) is 28.2 Å². The number of urea groups is 1. The van der Waals surface area contributed by atoms with E-state index in [1.165, 1.54) is 36.9 Å².